The van der Waals surface area contributed by atoms with Crippen LogP contribution in [0.25, 0.3) is 0 Å². The maximum absolute atomic E-state index is 12.6. The average Bonchev–Trinajstić information content (AvgIpc) is 2.91. The van der Waals surface area contributed by atoms with Gasteiger partial charge in [0.1, 0.15) is 0 Å². The molecule has 1 N–H and O–H groups in total. The first-order valence-electron chi connectivity index (χ1n) is 16.0. The predicted molar refractivity (Wildman–Crippen MR) is 155 cm³/mol. The van der Waals surface area contributed by atoms with E-state index < -0.39 is 23.8 Å². The third kappa shape index (κ3) is 15.7. The van der Waals surface area contributed by atoms with E-state index >= 15 is 0 Å². The summed E-state index contributed by atoms with van der Waals surface area (Å²) in [6.45, 7) is 11.4. The number of aliphatic carboxylic acids is 1. The molecule has 0 aromatic rings. The van der Waals surface area contributed by atoms with Crippen LogP contribution in [0.1, 0.15) is 151 Å². The Balaban J connectivity index is 4.47. The molecule has 0 saturated heterocycles. The molecule has 0 saturated carbocycles. The number of unbranched alkanes of at least 4 members (excludes halogenated alkanes) is 15. The maximum atomic E-state index is 12.6. The second-order valence-electron chi connectivity index (χ2n) is 10.3. The molecule has 0 aliphatic heterocycles. The highest BCUT2D eigenvalue weighted by Crippen LogP contribution is 2.37. The monoisotopic (exact) mass is 562 g/mol. The summed E-state index contributed by atoms with van der Waals surface area (Å²) in [5, 5.41) is 10.3. The van der Waals surface area contributed by atoms with E-state index in [2.05, 4.69) is 6.92 Å². The molecule has 0 heterocycles. The van der Waals surface area contributed by atoms with Gasteiger partial charge in [-0.25, -0.2) is 9.68 Å². The number of rotatable bonds is 30. The fourth-order valence-corrected chi connectivity index (χ4v) is 4.80. The summed E-state index contributed by atoms with van der Waals surface area (Å²) in [4.78, 5) is 23.1. The van der Waals surface area contributed by atoms with Gasteiger partial charge in [-0.3, -0.25) is 0 Å². The van der Waals surface area contributed by atoms with Crippen LogP contribution in [0.5, 0.6) is 0 Å². The average molecular weight is 563 g/mol. The minimum atomic E-state index is -2.44. The Morgan fingerprint density at radius 1 is 0.615 bits per heavy atom. The maximum Gasteiger partial charge on any atom is 0.381 e. The van der Waals surface area contributed by atoms with Crippen molar-refractivity contribution in [2.24, 2.45) is 0 Å². The van der Waals surface area contributed by atoms with Crippen molar-refractivity contribution in [1.29, 1.82) is 0 Å². The molecule has 2 unspecified atom stereocenters. The molecular weight excluding hydrogens is 500 g/mol. The summed E-state index contributed by atoms with van der Waals surface area (Å²) < 4.78 is 23.2. The summed E-state index contributed by atoms with van der Waals surface area (Å²) in [5.74, 6) is -6.00. The number of carboxylic acid groups (broad SMARTS) is 1. The molecule has 8 heteroatoms. The molecule has 0 aromatic carbocycles. The van der Waals surface area contributed by atoms with Crippen LogP contribution < -0.4 is 0 Å². The van der Waals surface area contributed by atoms with Crippen LogP contribution in [0.2, 0.25) is 0 Å². The molecule has 0 aliphatic carbocycles. The van der Waals surface area contributed by atoms with Crippen molar-refractivity contribution in [2.45, 2.75) is 169 Å². The van der Waals surface area contributed by atoms with Gasteiger partial charge in [-0.1, -0.05) is 110 Å². The van der Waals surface area contributed by atoms with E-state index in [-0.39, 0.29) is 26.4 Å². The van der Waals surface area contributed by atoms with E-state index in [0.717, 1.165) is 12.8 Å². The lowest BCUT2D eigenvalue weighted by Crippen LogP contribution is -2.67. The zero-order chi connectivity index (χ0) is 29.2. The Morgan fingerprint density at radius 3 is 1.33 bits per heavy atom. The molecule has 0 amide bonds. The third-order valence-corrected chi connectivity index (χ3v) is 6.81. The van der Waals surface area contributed by atoms with Crippen molar-refractivity contribution >= 4 is 5.97 Å². The van der Waals surface area contributed by atoms with E-state index in [1.165, 1.54) is 89.9 Å². The first-order chi connectivity index (χ1) is 18.9. The van der Waals surface area contributed by atoms with Crippen LogP contribution in [0.15, 0.2) is 0 Å². The number of carbonyl (C=O) groups is 1. The van der Waals surface area contributed by atoms with Crippen LogP contribution in [0.4, 0.5) is 0 Å². The standard InChI is InChI=1S/C31H62O8/c1-7-12-13-14-15-16-17-18-19-20-21-22-23-24-25-26-27-28(6)38-30(29(32)33,39-37-11-5)31(34-8-2,35-9-3)36-10-4/h28H,7-27H2,1-6H3,(H,32,33). The third-order valence-electron chi connectivity index (χ3n) is 6.81. The number of ether oxygens (including phenoxy) is 4. The lowest BCUT2D eigenvalue weighted by molar-refractivity contribution is -0.543. The SMILES string of the molecule is CCCCCCCCCCCCCCCCCCC(C)OC(OOCC)(C(=O)O)C(OCC)(OCC)OCC. The van der Waals surface area contributed by atoms with E-state index in [9.17, 15) is 9.90 Å². The Kier molecular flexibility index (Phi) is 24.5. The first-order valence-corrected chi connectivity index (χ1v) is 16.0. The molecule has 0 fully saturated rings. The van der Waals surface area contributed by atoms with E-state index in [0.29, 0.717) is 6.42 Å². The smallest absolute Gasteiger partial charge is 0.381 e. The fraction of sp³-hybridized carbons (Fsp3) is 0.968. The fourth-order valence-electron chi connectivity index (χ4n) is 4.80. The quantitative estimate of drug-likeness (QED) is 0.0403. The molecule has 39 heavy (non-hydrogen) atoms. The number of hydrogen-bond donors (Lipinski definition) is 1. The minimum Gasteiger partial charge on any atom is -0.477 e. The Hall–Kier alpha value is -0.770. The van der Waals surface area contributed by atoms with Gasteiger partial charge >= 0.3 is 17.7 Å². The van der Waals surface area contributed by atoms with Crippen molar-refractivity contribution in [3.63, 3.8) is 0 Å². The van der Waals surface area contributed by atoms with Crippen LogP contribution in [0.3, 0.4) is 0 Å². The highest BCUT2D eigenvalue weighted by Gasteiger charge is 2.67. The Morgan fingerprint density at radius 2 is 1.00 bits per heavy atom. The highest BCUT2D eigenvalue weighted by atomic mass is 17.2. The molecule has 2 atom stereocenters. The topological polar surface area (TPSA) is 92.7 Å². The van der Waals surface area contributed by atoms with Gasteiger partial charge in [0.25, 0.3) is 0 Å². The second-order valence-corrected chi connectivity index (χ2v) is 10.3. The van der Waals surface area contributed by atoms with E-state index in [1.807, 2.05) is 6.92 Å². The predicted octanol–water partition coefficient (Wildman–Crippen LogP) is 8.56. The normalized spacial score (nSPS) is 14.4. The van der Waals surface area contributed by atoms with Gasteiger partial charge in [0.05, 0.1) is 12.7 Å². The van der Waals surface area contributed by atoms with Gasteiger partial charge in [-0.2, -0.15) is 4.89 Å². The van der Waals surface area contributed by atoms with Gasteiger partial charge in [-0.15, -0.1) is 0 Å². The van der Waals surface area contributed by atoms with Crippen molar-refractivity contribution in [2.75, 3.05) is 26.4 Å². The molecule has 0 aromatic heterocycles. The molecule has 0 radical (unpaired) electrons. The van der Waals surface area contributed by atoms with Crippen molar-refractivity contribution in [1.82, 2.24) is 0 Å². The van der Waals surface area contributed by atoms with Gasteiger partial charge in [0.2, 0.25) is 0 Å². The van der Waals surface area contributed by atoms with Gasteiger partial charge in [0, 0.05) is 19.8 Å². The van der Waals surface area contributed by atoms with Crippen LogP contribution >= 0.6 is 0 Å². The van der Waals surface area contributed by atoms with Crippen molar-refractivity contribution in [3.8, 4) is 0 Å². The summed E-state index contributed by atoms with van der Waals surface area (Å²) in [6, 6.07) is 0. The molecule has 8 nitrogen and oxygen atoms in total. The number of hydrogen-bond acceptors (Lipinski definition) is 7. The Labute approximate surface area is 239 Å². The van der Waals surface area contributed by atoms with Crippen LogP contribution in [0, 0.1) is 0 Å². The Bertz CT molecular complexity index is 542. The summed E-state index contributed by atoms with van der Waals surface area (Å²) in [7, 11) is 0. The van der Waals surface area contributed by atoms with E-state index in [1.54, 1.807) is 27.7 Å². The first kappa shape index (κ1) is 38.2. The van der Waals surface area contributed by atoms with Gasteiger partial charge in [-0.05, 0) is 41.0 Å². The molecule has 0 bridgehead atoms. The number of carboxylic acids is 1. The van der Waals surface area contributed by atoms with Gasteiger partial charge in [0.15, 0.2) is 0 Å². The lowest BCUT2D eigenvalue weighted by atomic mass is 10.0. The molecular formula is C31H62O8. The molecule has 0 spiro atoms. The van der Waals surface area contributed by atoms with Crippen molar-refractivity contribution in [3.05, 3.63) is 0 Å². The zero-order valence-electron chi connectivity index (χ0n) is 26.2. The minimum absolute atomic E-state index is 0.117. The summed E-state index contributed by atoms with van der Waals surface area (Å²) in [5.41, 5.74) is 0. The second kappa shape index (κ2) is 25.0. The summed E-state index contributed by atoms with van der Waals surface area (Å²) >= 11 is 0. The largest absolute Gasteiger partial charge is 0.477 e. The highest BCUT2D eigenvalue weighted by molar-refractivity contribution is 5.77. The van der Waals surface area contributed by atoms with Gasteiger partial charge < -0.3 is 24.1 Å². The van der Waals surface area contributed by atoms with E-state index in [4.69, 9.17) is 28.7 Å². The molecule has 234 valence electrons. The van der Waals surface area contributed by atoms with Crippen molar-refractivity contribution < 1.29 is 38.6 Å². The zero-order valence-corrected chi connectivity index (χ0v) is 26.2. The van der Waals surface area contributed by atoms with Crippen LogP contribution in [-0.2, 0) is 33.5 Å². The molecule has 0 rings (SSSR count). The lowest BCUT2D eigenvalue weighted by Gasteiger charge is -2.43. The van der Waals surface area contributed by atoms with Crippen LogP contribution in [-0.4, -0.2) is 55.4 Å². The summed E-state index contributed by atoms with van der Waals surface area (Å²) in [6.07, 6.45) is 21.1. The molecule has 0 aliphatic rings.